The molecule has 1 spiro atoms. The molecule has 0 bridgehead atoms. The standard InChI is InChI=1S/C113H76N2S/c1-73-50-63-91-93-66-61-85(71-105(93)111(103(91)68-73,78-30-10-4-11-31-78)79-32-12-5-13-33-79)114(86-62-67-94-92-64-51-74(2)69-104(92)112(106(94)72-86,80-34-14-6-15-35-80)81-36-16-7-17-37-81)84-60-65-87(98(70-84)75-28-8-3-9-29-75)76-52-56-82(57-53-76)115(83-58-54-77(55-59-83)88-42-26-43-96-95-40-21-25-49-108(95)116-110(88)96)107-48-27-47-102-109(107)97-41-20-24-46-101(97)113(102)99-44-22-18-38-89(99)90-39-19-23-45-100(90)113/h3-72H,1-2H3. The molecule has 2 nitrogen and oxygen atoms in total. The molecule has 544 valence electrons. The summed E-state index contributed by atoms with van der Waals surface area (Å²) in [5.74, 6) is 0. The van der Waals surface area contributed by atoms with E-state index in [4.69, 9.17) is 0 Å². The molecule has 23 rings (SSSR count). The van der Waals surface area contributed by atoms with Gasteiger partial charge in [0.25, 0.3) is 0 Å². The summed E-state index contributed by atoms with van der Waals surface area (Å²) in [6, 6.07) is 161. The van der Waals surface area contributed by atoms with E-state index < -0.39 is 16.2 Å². The monoisotopic (exact) mass is 1490 g/mol. The normalized spacial score (nSPS) is 13.6. The number of thiophene rings is 1. The summed E-state index contributed by atoms with van der Waals surface area (Å²) in [6.45, 7) is 4.47. The maximum atomic E-state index is 2.55. The van der Waals surface area contributed by atoms with Gasteiger partial charge in [-0.15, -0.1) is 11.3 Å². The van der Waals surface area contributed by atoms with Gasteiger partial charge in [0.15, 0.2) is 0 Å². The topological polar surface area (TPSA) is 6.48 Å². The van der Waals surface area contributed by atoms with E-state index >= 15 is 0 Å². The summed E-state index contributed by atoms with van der Waals surface area (Å²) in [4.78, 5) is 5.08. The van der Waals surface area contributed by atoms with Gasteiger partial charge in [0, 0.05) is 54.2 Å². The van der Waals surface area contributed by atoms with E-state index in [0.29, 0.717) is 0 Å². The first-order chi connectivity index (χ1) is 57.3. The number of benzene rings is 18. The molecule has 0 saturated carbocycles. The molecule has 0 saturated heterocycles. The van der Waals surface area contributed by atoms with E-state index in [1.54, 1.807) is 0 Å². The fraction of sp³-hybridized carbons (Fsp3) is 0.0442. The van der Waals surface area contributed by atoms with Crippen molar-refractivity contribution < 1.29 is 0 Å². The van der Waals surface area contributed by atoms with Gasteiger partial charge < -0.3 is 9.80 Å². The number of hydrogen-bond donors (Lipinski definition) is 0. The summed E-state index contributed by atoms with van der Waals surface area (Å²) in [5.41, 5.74) is 39.3. The molecule has 0 aliphatic heterocycles. The maximum Gasteiger partial charge on any atom is 0.0726 e. The first-order valence-electron chi connectivity index (χ1n) is 40.4. The molecule has 0 unspecified atom stereocenters. The third kappa shape index (κ3) is 9.83. The lowest BCUT2D eigenvalue weighted by Crippen LogP contribution is -2.29. The van der Waals surface area contributed by atoms with Gasteiger partial charge in [0.05, 0.1) is 21.9 Å². The summed E-state index contributed by atoms with van der Waals surface area (Å²) >= 11 is 1.88. The second-order valence-electron chi connectivity index (χ2n) is 31.7. The molecule has 0 N–H and O–H groups in total. The van der Waals surface area contributed by atoms with Crippen LogP contribution in [-0.2, 0) is 16.2 Å². The van der Waals surface area contributed by atoms with Gasteiger partial charge >= 0.3 is 0 Å². The van der Waals surface area contributed by atoms with Gasteiger partial charge in [-0.05, 0) is 226 Å². The Hall–Kier alpha value is -14.2. The highest BCUT2D eigenvalue weighted by molar-refractivity contribution is 7.26. The zero-order chi connectivity index (χ0) is 76.8. The average molecular weight is 1490 g/mol. The third-order valence-electron chi connectivity index (χ3n) is 25.8. The zero-order valence-electron chi connectivity index (χ0n) is 64.2. The van der Waals surface area contributed by atoms with E-state index in [0.717, 1.165) is 56.4 Å². The quantitative estimate of drug-likeness (QED) is 0.114. The molecule has 19 aromatic rings. The minimum atomic E-state index is -0.644. The number of rotatable bonds is 13. The van der Waals surface area contributed by atoms with Crippen molar-refractivity contribution in [1.82, 2.24) is 0 Å². The maximum absolute atomic E-state index is 2.55. The second kappa shape index (κ2) is 26.4. The highest BCUT2D eigenvalue weighted by Gasteiger charge is 2.53. The van der Waals surface area contributed by atoms with E-state index in [2.05, 4.69) is 448 Å². The smallest absolute Gasteiger partial charge is 0.0726 e. The van der Waals surface area contributed by atoms with Crippen molar-refractivity contribution in [1.29, 1.82) is 0 Å². The second-order valence-corrected chi connectivity index (χ2v) is 32.8. The molecular weight excluding hydrogens is 1420 g/mol. The Morgan fingerprint density at radius 2 is 0.560 bits per heavy atom. The molecule has 4 aliphatic rings. The van der Waals surface area contributed by atoms with Gasteiger partial charge in [-0.2, -0.15) is 0 Å². The molecule has 3 heteroatoms. The highest BCUT2D eigenvalue weighted by Crippen LogP contribution is 2.66. The van der Waals surface area contributed by atoms with Crippen LogP contribution in [0.4, 0.5) is 34.1 Å². The molecular formula is C113H76N2S. The predicted molar refractivity (Wildman–Crippen MR) is 485 cm³/mol. The fourth-order valence-electron chi connectivity index (χ4n) is 21.0. The van der Waals surface area contributed by atoms with Crippen molar-refractivity contribution in [3.05, 3.63) is 503 Å². The van der Waals surface area contributed by atoms with E-state index in [-0.39, 0.29) is 0 Å². The van der Waals surface area contributed by atoms with Gasteiger partial charge in [0.1, 0.15) is 0 Å². The summed E-state index contributed by atoms with van der Waals surface area (Å²) < 4.78 is 2.61. The largest absolute Gasteiger partial charge is 0.310 e. The van der Waals surface area contributed by atoms with Crippen LogP contribution >= 0.6 is 11.3 Å². The molecule has 116 heavy (non-hydrogen) atoms. The van der Waals surface area contributed by atoms with Crippen LogP contribution < -0.4 is 9.80 Å². The van der Waals surface area contributed by atoms with Crippen LogP contribution in [-0.4, -0.2) is 0 Å². The number of aryl methyl sites for hydroxylation is 2. The summed E-state index contributed by atoms with van der Waals surface area (Å²) in [7, 11) is 0. The van der Waals surface area contributed by atoms with Gasteiger partial charge in [0.2, 0.25) is 0 Å². The average Bonchev–Trinajstić information content (AvgIpc) is 1.52. The summed E-state index contributed by atoms with van der Waals surface area (Å²) in [5, 5.41) is 2.60. The lowest BCUT2D eigenvalue weighted by molar-refractivity contribution is 0.766. The molecule has 18 aromatic carbocycles. The van der Waals surface area contributed by atoms with Gasteiger partial charge in [-0.3, -0.25) is 0 Å². The number of nitrogens with zero attached hydrogens (tertiary/aromatic N) is 2. The van der Waals surface area contributed by atoms with E-state index in [1.165, 1.54) is 154 Å². The van der Waals surface area contributed by atoms with Gasteiger partial charge in [-0.1, -0.05) is 363 Å². The zero-order valence-corrected chi connectivity index (χ0v) is 65.0. The minimum absolute atomic E-state index is 0.520. The number of anilines is 6. The Morgan fingerprint density at radius 3 is 1.08 bits per heavy atom. The Labute approximate surface area is 681 Å². The minimum Gasteiger partial charge on any atom is -0.310 e. The molecule has 0 fully saturated rings. The van der Waals surface area contributed by atoms with Crippen LogP contribution in [0.2, 0.25) is 0 Å². The molecule has 0 radical (unpaired) electrons. The lowest BCUT2D eigenvalue weighted by Gasteiger charge is -2.36. The number of fused-ring (bicyclic) bond motifs is 19. The Bertz CT molecular complexity index is 6830. The van der Waals surface area contributed by atoms with Crippen LogP contribution in [0.1, 0.15) is 77.9 Å². The Kier molecular flexibility index (Phi) is 15.4. The first kappa shape index (κ1) is 67.5. The Morgan fingerprint density at radius 1 is 0.207 bits per heavy atom. The predicted octanol–water partition coefficient (Wildman–Crippen LogP) is 29.7. The first-order valence-corrected chi connectivity index (χ1v) is 41.3. The van der Waals surface area contributed by atoms with Crippen molar-refractivity contribution in [2.45, 2.75) is 30.1 Å². The molecule has 0 amide bonds. The van der Waals surface area contributed by atoms with Crippen molar-refractivity contribution in [2.75, 3.05) is 9.80 Å². The van der Waals surface area contributed by atoms with Gasteiger partial charge in [-0.25, -0.2) is 0 Å². The van der Waals surface area contributed by atoms with Crippen LogP contribution in [0.3, 0.4) is 0 Å². The SMILES string of the molecule is Cc1ccc2c(c1)C(c1ccccc1)(c1ccccc1)c1cc(N(c3ccc(-c4ccc(N(c5ccc(-c6cccc7c6sc6ccccc67)cc5)c5cccc6c5-c5ccccc5C65c6ccccc6-c6ccccc65)cc4)c(-c4ccccc4)c3)c3ccc4c(c3)C(c3ccccc3)(c3ccccc3)c3cc(C)ccc3-4)ccc1-2. The van der Waals surface area contributed by atoms with Crippen molar-refractivity contribution >= 4 is 65.6 Å². The molecule has 1 aromatic heterocycles. The number of hydrogen-bond acceptors (Lipinski definition) is 3. The fourth-order valence-corrected chi connectivity index (χ4v) is 22.2. The van der Waals surface area contributed by atoms with Crippen molar-refractivity contribution in [3.63, 3.8) is 0 Å². The van der Waals surface area contributed by atoms with E-state index in [9.17, 15) is 0 Å². The lowest BCUT2D eigenvalue weighted by atomic mass is 9.67. The molecule has 1 heterocycles. The molecule has 4 aliphatic carbocycles. The molecule has 0 atom stereocenters. The van der Waals surface area contributed by atoms with Crippen LogP contribution in [0.5, 0.6) is 0 Å². The summed E-state index contributed by atoms with van der Waals surface area (Å²) in [6.07, 6.45) is 0. The van der Waals surface area contributed by atoms with E-state index in [1.807, 2.05) is 11.3 Å². The van der Waals surface area contributed by atoms with Crippen molar-refractivity contribution in [3.8, 4) is 77.9 Å². The van der Waals surface area contributed by atoms with Crippen LogP contribution in [0.15, 0.2) is 425 Å². The highest BCUT2D eigenvalue weighted by atomic mass is 32.1. The van der Waals surface area contributed by atoms with Crippen LogP contribution in [0.25, 0.3) is 98.1 Å². The third-order valence-corrected chi connectivity index (χ3v) is 27.0. The van der Waals surface area contributed by atoms with Crippen LogP contribution in [0, 0.1) is 13.8 Å². The Balaban J connectivity index is 0.725. The van der Waals surface area contributed by atoms with Crippen molar-refractivity contribution in [2.24, 2.45) is 0 Å².